The van der Waals surface area contributed by atoms with E-state index in [1.165, 1.54) is 11.1 Å². The minimum Gasteiger partial charge on any atom is -0.360 e. The molecule has 0 spiro atoms. The van der Waals surface area contributed by atoms with Crippen molar-refractivity contribution >= 4 is 5.78 Å². The molecule has 0 atom stereocenters. The number of aromatic nitrogens is 1. The summed E-state index contributed by atoms with van der Waals surface area (Å²) in [5.41, 5.74) is 4.37. The van der Waals surface area contributed by atoms with Crippen LogP contribution in [0.1, 0.15) is 28.8 Å². The Morgan fingerprint density at radius 1 is 1.06 bits per heavy atom. The van der Waals surface area contributed by atoms with E-state index in [4.69, 9.17) is 0 Å². The molecular formula is C14H13NO. The number of ketones is 1. The van der Waals surface area contributed by atoms with Crippen LogP contribution in [0.25, 0.3) is 11.3 Å². The van der Waals surface area contributed by atoms with Crippen LogP contribution < -0.4 is 0 Å². The molecule has 0 radical (unpaired) electrons. The van der Waals surface area contributed by atoms with Gasteiger partial charge in [0.05, 0.1) is 0 Å². The van der Waals surface area contributed by atoms with Gasteiger partial charge in [-0.05, 0) is 24.0 Å². The molecule has 0 bridgehead atoms. The standard InChI is InChI=1S/C14H13NO/c16-13-8-4-7-11-12(13)9-15-14(11)10-5-2-1-3-6-10/h1-3,5-6,9,15H,4,7-8H2. The van der Waals surface area contributed by atoms with E-state index >= 15 is 0 Å². The van der Waals surface area contributed by atoms with Crippen molar-refractivity contribution in [3.63, 3.8) is 0 Å². The lowest BCUT2D eigenvalue weighted by atomic mass is 9.91. The van der Waals surface area contributed by atoms with Crippen LogP contribution in [0, 0.1) is 0 Å². The molecule has 3 rings (SSSR count). The van der Waals surface area contributed by atoms with Gasteiger partial charge in [-0.15, -0.1) is 0 Å². The SMILES string of the molecule is O=C1CCCc2c1c[nH]c2-c1ccccc1. The first-order valence-corrected chi connectivity index (χ1v) is 5.65. The van der Waals surface area contributed by atoms with E-state index in [1.807, 2.05) is 24.4 Å². The van der Waals surface area contributed by atoms with Crippen LogP contribution in [0.2, 0.25) is 0 Å². The van der Waals surface area contributed by atoms with Crippen LogP contribution in [-0.2, 0) is 6.42 Å². The summed E-state index contributed by atoms with van der Waals surface area (Å²) in [6.45, 7) is 0. The van der Waals surface area contributed by atoms with Crippen LogP contribution in [0.15, 0.2) is 36.5 Å². The molecule has 1 aromatic carbocycles. The van der Waals surface area contributed by atoms with Crippen molar-refractivity contribution in [2.24, 2.45) is 0 Å². The van der Waals surface area contributed by atoms with Crippen molar-refractivity contribution in [3.05, 3.63) is 47.7 Å². The third-order valence-corrected chi connectivity index (χ3v) is 3.18. The van der Waals surface area contributed by atoms with Gasteiger partial charge in [0.25, 0.3) is 0 Å². The Kier molecular flexibility index (Phi) is 2.13. The monoisotopic (exact) mass is 211 g/mol. The first-order chi connectivity index (χ1) is 7.86. The molecule has 1 heterocycles. The summed E-state index contributed by atoms with van der Waals surface area (Å²) in [5.74, 6) is 0.277. The lowest BCUT2D eigenvalue weighted by Gasteiger charge is -2.11. The largest absolute Gasteiger partial charge is 0.360 e. The summed E-state index contributed by atoms with van der Waals surface area (Å²) in [4.78, 5) is 15.0. The van der Waals surface area contributed by atoms with Gasteiger partial charge in [0, 0.05) is 23.9 Å². The van der Waals surface area contributed by atoms with Gasteiger partial charge in [0.1, 0.15) is 0 Å². The van der Waals surface area contributed by atoms with Crippen molar-refractivity contribution in [1.82, 2.24) is 4.98 Å². The van der Waals surface area contributed by atoms with Gasteiger partial charge >= 0.3 is 0 Å². The Bertz CT molecular complexity index is 525. The minimum atomic E-state index is 0.277. The average Bonchev–Trinajstić information content (AvgIpc) is 2.75. The fourth-order valence-electron chi connectivity index (χ4n) is 2.38. The summed E-state index contributed by atoms with van der Waals surface area (Å²) in [6, 6.07) is 10.2. The van der Waals surface area contributed by atoms with Gasteiger partial charge in [0.15, 0.2) is 5.78 Å². The number of H-pyrrole nitrogens is 1. The molecule has 1 N–H and O–H groups in total. The molecule has 0 saturated carbocycles. The van der Waals surface area contributed by atoms with Crippen LogP contribution in [0.3, 0.4) is 0 Å². The average molecular weight is 211 g/mol. The number of rotatable bonds is 1. The number of carbonyl (C=O) groups is 1. The second-order valence-electron chi connectivity index (χ2n) is 4.20. The number of nitrogens with one attached hydrogen (secondary N) is 1. The molecule has 0 saturated heterocycles. The third kappa shape index (κ3) is 1.38. The Labute approximate surface area is 94.3 Å². The highest BCUT2D eigenvalue weighted by Gasteiger charge is 2.21. The van der Waals surface area contributed by atoms with Crippen LogP contribution >= 0.6 is 0 Å². The predicted molar refractivity (Wildman–Crippen MR) is 63.5 cm³/mol. The number of carbonyl (C=O) groups excluding carboxylic acids is 1. The highest BCUT2D eigenvalue weighted by Crippen LogP contribution is 2.30. The summed E-state index contributed by atoms with van der Waals surface area (Å²) in [5, 5.41) is 0. The van der Waals surface area contributed by atoms with Crippen LogP contribution in [0.4, 0.5) is 0 Å². The minimum absolute atomic E-state index is 0.277. The van der Waals surface area contributed by atoms with Crippen LogP contribution in [0.5, 0.6) is 0 Å². The highest BCUT2D eigenvalue weighted by molar-refractivity contribution is 6.00. The number of Topliss-reactive ketones (excluding diaryl/α,β-unsaturated/α-hetero) is 1. The van der Waals surface area contributed by atoms with E-state index in [-0.39, 0.29) is 5.78 Å². The van der Waals surface area contributed by atoms with E-state index in [9.17, 15) is 4.79 Å². The van der Waals surface area contributed by atoms with E-state index in [0.717, 1.165) is 24.1 Å². The quantitative estimate of drug-likeness (QED) is 0.772. The van der Waals surface area contributed by atoms with E-state index in [0.29, 0.717) is 6.42 Å². The number of hydrogen-bond acceptors (Lipinski definition) is 1. The maximum absolute atomic E-state index is 11.7. The topological polar surface area (TPSA) is 32.9 Å². The summed E-state index contributed by atoms with van der Waals surface area (Å²) >= 11 is 0. The maximum atomic E-state index is 11.7. The fraction of sp³-hybridized carbons (Fsp3) is 0.214. The molecule has 2 heteroatoms. The summed E-state index contributed by atoms with van der Waals surface area (Å²) in [7, 11) is 0. The Balaban J connectivity index is 2.13. The second kappa shape index (κ2) is 3.63. The molecule has 0 unspecified atom stereocenters. The molecule has 16 heavy (non-hydrogen) atoms. The third-order valence-electron chi connectivity index (χ3n) is 3.18. The molecule has 0 aliphatic heterocycles. The second-order valence-corrected chi connectivity index (χ2v) is 4.20. The molecule has 2 nitrogen and oxygen atoms in total. The molecule has 0 amide bonds. The van der Waals surface area contributed by atoms with Crippen molar-refractivity contribution in [2.45, 2.75) is 19.3 Å². The zero-order valence-electron chi connectivity index (χ0n) is 8.99. The fourth-order valence-corrected chi connectivity index (χ4v) is 2.38. The van der Waals surface area contributed by atoms with E-state index < -0.39 is 0 Å². The lowest BCUT2D eigenvalue weighted by Crippen LogP contribution is -2.08. The highest BCUT2D eigenvalue weighted by atomic mass is 16.1. The van der Waals surface area contributed by atoms with Gasteiger partial charge in [-0.1, -0.05) is 30.3 Å². The number of fused-ring (bicyclic) bond motifs is 1. The normalized spacial score (nSPS) is 14.9. The van der Waals surface area contributed by atoms with Crippen molar-refractivity contribution in [3.8, 4) is 11.3 Å². The number of aromatic amines is 1. The Morgan fingerprint density at radius 3 is 2.69 bits per heavy atom. The van der Waals surface area contributed by atoms with Crippen molar-refractivity contribution in [2.75, 3.05) is 0 Å². The number of benzene rings is 1. The lowest BCUT2D eigenvalue weighted by molar-refractivity contribution is 0.0973. The molecule has 1 aliphatic rings. The van der Waals surface area contributed by atoms with Gasteiger partial charge in [-0.2, -0.15) is 0 Å². The molecule has 2 aromatic rings. The Hall–Kier alpha value is -1.83. The molecular weight excluding hydrogens is 198 g/mol. The van der Waals surface area contributed by atoms with Gasteiger partial charge in [0.2, 0.25) is 0 Å². The van der Waals surface area contributed by atoms with E-state index in [1.54, 1.807) is 0 Å². The van der Waals surface area contributed by atoms with Crippen molar-refractivity contribution < 1.29 is 4.79 Å². The molecule has 80 valence electrons. The van der Waals surface area contributed by atoms with Gasteiger partial charge in [-0.3, -0.25) is 4.79 Å². The number of hydrogen-bond donors (Lipinski definition) is 1. The summed E-state index contributed by atoms with van der Waals surface area (Å²) < 4.78 is 0. The van der Waals surface area contributed by atoms with Crippen LogP contribution in [-0.4, -0.2) is 10.8 Å². The smallest absolute Gasteiger partial charge is 0.164 e. The van der Waals surface area contributed by atoms with Gasteiger partial charge < -0.3 is 4.98 Å². The van der Waals surface area contributed by atoms with E-state index in [2.05, 4.69) is 17.1 Å². The Morgan fingerprint density at radius 2 is 1.88 bits per heavy atom. The maximum Gasteiger partial charge on any atom is 0.164 e. The zero-order valence-corrected chi connectivity index (χ0v) is 8.99. The first kappa shape index (κ1) is 9.40. The van der Waals surface area contributed by atoms with Crippen molar-refractivity contribution in [1.29, 1.82) is 0 Å². The molecule has 0 fully saturated rings. The molecule has 1 aliphatic carbocycles. The van der Waals surface area contributed by atoms with Gasteiger partial charge in [-0.25, -0.2) is 0 Å². The first-order valence-electron chi connectivity index (χ1n) is 5.65. The molecule has 1 aromatic heterocycles. The summed E-state index contributed by atoms with van der Waals surface area (Å²) in [6.07, 6.45) is 4.54. The zero-order chi connectivity index (χ0) is 11.0. The predicted octanol–water partition coefficient (Wildman–Crippen LogP) is 3.20.